The highest BCUT2D eigenvalue weighted by Crippen LogP contribution is 2.21. The summed E-state index contributed by atoms with van der Waals surface area (Å²) >= 11 is 0. The predicted molar refractivity (Wildman–Crippen MR) is 134 cm³/mol. The van der Waals surface area contributed by atoms with Crippen molar-refractivity contribution in [3.8, 4) is 11.5 Å². The van der Waals surface area contributed by atoms with Gasteiger partial charge in [0.1, 0.15) is 30.4 Å². The van der Waals surface area contributed by atoms with Gasteiger partial charge in [0.05, 0.1) is 5.69 Å². The Morgan fingerprint density at radius 1 is 0.914 bits per heavy atom. The highest BCUT2D eigenvalue weighted by Gasteiger charge is 2.09. The number of hydrogen-bond donors (Lipinski definition) is 1. The van der Waals surface area contributed by atoms with E-state index in [-0.39, 0.29) is 5.91 Å². The van der Waals surface area contributed by atoms with Gasteiger partial charge in [0.2, 0.25) is 0 Å². The first kappa shape index (κ1) is 22.2. The van der Waals surface area contributed by atoms with E-state index >= 15 is 0 Å². The van der Waals surface area contributed by atoms with Gasteiger partial charge in [-0.15, -0.1) is 0 Å². The molecule has 5 aromatic rings. The summed E-state index contributed by atoms with van der Waals surface area (Å²) in [6.07, 6.45) is 7.45. The second-order valence-electron chi connectivity index (χ2n) is 8.15. The van der Waals surface area contributed by atoms with E-state index in [0.717, 1.165) is 22.5 Å². The lowest BCUT2D eigenvalue weighted by Crippen LogP contribution is -2.12. The van der Waals surface area contributed by atoms with Gasteiger partial charge < -0.3 is 19.2 Å². The average molecular weight is 465 g/mol. The second-order valence-corrected chi connectivity index (χ2v) is 8.15. The number of anilines is 1. The van der Waals surface area contributed by atoms with Crippen molar-refractivity contribution in [2.45, 2.75) is 20.1 Å². The molecule has 0 fully saturated rings. The number of nitrogens with one attached hydrogen (secondary N) is 1. The molecule has 0 unspecified atom stereocenters. The highest BCUT2D eigenvalue weighted by molar-refractivity contribution is 6.04. The van der Waals surface area contributed by atoms with Gasteiger partial charge in [-0.25, -0.2) is 4.98 Å². The molecule has 0 saturated heterocycles. The van der Waals surface area contributed by atoms with Gasteiger partial charge in [-0.3, -0.25) is 9.78 Å². The smallest absolute Gasteiger partial charge is 0.255 e. The van der Waals surface area contributed by atoms with Gasteiger partial charge in [0.25, 0.3) is 5.91 Å². The van der Waals surface area contributed by atoms with Crippen LogP contribution in [-0.2, 0) is 13.2 Å². The fourth-order valence-corrected chi connectivity index (χ4v) is 3.63. The van der Waals surface area contributed by atoms with Crippen molar-refractivity contribution in [3.63, 3.8) is 0 Å². The minimum atomic E-state index is -0.233. The summed E-state index contributed by atoms with van der Waals surface area (Å²) in [7, 11) is 0. The number of benzene rings is 2. The zero-order valence-electron chi connectivity index (χ0n) is 19.2. The third-order valence-electron chi connectivity index (χ3n) is 5.35. The van der Waals surface area contributed by atoms with Crippen molar-refractivity contribution in [1.29, 1.82) is 0 Å². The molecule has 7 heteroatoms. The molecule has 0 aliphatic rings. The van der Waals surface area contributed by atoms with Crippen LogP contribution >= 0.6 is 0 Å². The summed E-state index contributed by atoms with van der Waals surface area (Å²) in [5.41, 5.74) is 4.95. The maximum Gasteiger partial charge on any atom is 0.255 e. The molecule has 5 rings (SSSR count). The van der Waals surface area contributed by atoms with Gasteiger partial charge in [0, 0.05) is 47.7 Å². The summed E-state index contributed by atoms with van der Waals surface area (Å²) in [6, 6.07) is 22.2. The Labute approximate surface area is 203 Å². The molecule has 7 nitrogen and oxygen atoms in total. The van der Waals surface area contributed by atoms with Crippen LogP contribution in [0.1, 0.15) is 27.2 Å². The molecule has 3 aromatic heterocycles. The maximum atomic E-state index is 12.8. The van der Waals surface area contributed by atoms with E-state index in [1.54, 1.807) is 36.7 Å². The fraction of sp³-hybridized carbons (Fsp3) is 0.107. The third kappa shape index (κ3) is 5.65. The van der Waals surface area contributed by atoms with Crippen molar-refractivity contribution in [3.05, 3.63) is 120 Å². The van der Waals surface area contributed by atoms with Gasteiger partial charge in [0.15, 0.2) is 0 Å². The number of aromatic nitrogens is 3. The van der Waals surface area contributed by atoms with E-state index in [0.29, 0.717) is 36.0 Å². The zero-order valence-corrected chi connectivity index (χ0v) is 19.2. The van der Waals surface area contributed by atoms with Crippen LogP contribution in [0.5, 0.6) is 11.5 Å². The molecule has 1 N–H and O–H groups in total. The molecule has 35 heavy (non-hydrogen) atoms. The van der Waals surface area contributed by atoms with Crippen molar-refractivity contribution >= 4 is 17.2 Å². The van der Waals surface area contributed by atoms with E-state index in [2.05, 4.69) is 15.3 Å². The van der Waals surface area contributed by atoms with E-state index in [4.69, 9.17) is 9.47 Å². The van der Waals surface area contributed by atoms with Crippen LogP contribution in [0.3, 0.4) is 0 Å². The summed E-state index contributed by atoms with van der Waals surface area (Å²) in [5.74, 6) is 1.02. The molecule has 2 aromatic carbocycles. The summed E-state index contributed by atoms with van der Waals surface area (Å²) in [5, 5.41) is 2.92. The molecule has 0 aliphatic carbocycles. The van der Waals surface area contributed by atoms with Crippen LogP contribution in [0.4, 0.5) is 5.69 Å². The Kier molecular flexibility index (Phi) is 6.39. The molecular formula is C28H24N4O3. The van der Waals surface area contributed by atoms with E-state index < -0.39 is 0 Å². The zero-order chi connectivity index (χ0) is 24.0. The number of carbonyl (C=O) groups excluding carboxylic acids is 1. The number of fused-ring (bicyclic) bond motifs is 1. The van der Waals surface area contributed by atoms with E-state index in [1.807, 2.05) is 72.2 Å². The van der Waals surface area contributed by atoms with Crippen molar-refractivity contribution in [2.75, 3.05) is 5.32 Å². The van der Waals surface area contributed by atoms with Crippen LogP contribution in [0.15, 0.2) is 97.6 Å². The number of rotatable bonds is 8. The van der Waals surface area contributed by atoms with Crippen LogP contribution in [0.25, 0.3) is 5.65 Å². The topological polar surface area (TPSA) is 77.8 Å². The van der Waals surface area contributed by atoms with Crippen molar-refractivity contribution in [1.82, 2.24) is 14.4 Å². The van der Waals surface area contributed by atoms with Crippen LogP contribution in [0, 0.1) is 6.92 Å². The SMILES string of the molecule is Cc1ccc2nc(COc3cccc(C(=O)Nc4cccc(OCc5cccnc5)c4)c3)cn2c1. The lowest BCUT2D eigenvalue weighted by Gasteiger charge is -2.10. The number of imidazole rings is 1. The molecule has 0 bridgehead atoms. The largest absolute Gasteiger partial charge is 0.489 e. The Hall–Kier alpha value is -4.65. The Morgan fingerprint density at radius 3 is 2.60 bits per heavy atom. The Morgan fingerprint density at radius 2 is 1.74 bits per heavy atom. The lowest BCUT2D eigenvalue weighted by molar-refractivity contribution is 0.102. The monoisotopic (exact) mass is 464 g/mol. The highest BCUT2D eigenvalue weighted by atomic mass is 16.5. The van der Waals surface area contributed by atoms with Gasteiger partial charge in [-0.1, -0.05) is 24.3 Å². The molecule has 0 spiro atoms. The molecule has 0 saturated carbocycles. The first-order chi connectivity index (χ1) is 17.1. The molecule has 3 heterocycles. The number of carbonyl (C=O) groups is 1. The number of amides is 1. The molecule has 0 aliphatic heterocycles. The third-order valence-corrected chi connectivity index (χ3v) is 5.35. The van der Waals surface area contributed by atoms with Gasteiger partial charge in [-0.05, 0) is 55.0 Å². The maximum absolute atomic E-state index is 12.8. The predicted octanol–water partition coefficient (Wildman–Crippen LogP) is 5.45. The molecular weight excluding hydrogens is 440 g/mol. The van der Waals surface area contributed by atoms with Crippen molar-refractivity contribution < 1.29 is 14.3 Å². The molecule has 174 valence electrons. The van der Waals surface area contributed by atoms with Crippen LogP contribution in [-0.4, -0.2) is 20.3 Å². The minimum Gasteiger partial charge on any atom is -0.489 e. The normalized spacial score (nSPS) is 10.8. The fourth-order valence-electron chi connectivity index (χ4n) is 3.63. The van der Waals surface area contributed by atoms with Crippen LogP contribution < -0.4 is 14.8 Å². The number of hydrogen-bond acceptors (Lipinski definition) is 5. The molecule has 0 radical (unpaired) electrons. The number of aryl methyl sites for hydroxylation is 1. The van der Waals surface area contributed by atoms with Gasteiger partial charge in [-0.2, -0.15) is 0 Å². The summed E-state index contributed by atoms with van der Waals surface area (Å²) in [6.45, 7) is 2.75. The van der Waals surface area contributed by atoms with E-state index in [1.165, 1.54) is 0 Å². The minimum absolute atomic E-state index is 0.233. The lowest BCUT2D eigenvalue weighted by atomic mass is 10.2. The Balaban J connectivity index is 1.20. The number of ether oxygens (including phenoxy) is 2. The number of nitrogens with zero attached hydrogens (tertiary/aromatic N) is 3. The quantitative estimate of drug-likeness (QED) is 0.331. The first-order valence-electron chi connectivity index (χ1n) is 11.2. The Bertz CT molecular complexity index is 1460. The average Bonchev–Trinajstić information content (AvgIpc) is 3.29. The van der Waals surface area contributed by atoms with Crippen molar-refractivity contribution in [2.24, 2.45) is 0 Å². The summed E-state index contributed by atoms with van der Waals surface area (Å²) < 4.78 is 13.7. The molecule has 1 amide bonds. The summed E-state index contributed by atoms with van der Waals surface area (Å²) in [4.78, 5) is 21.5. The molecule has 0 atom stereocenters. The second kappa shape index (κ2) is 10.1. The standard InChI is InChI=1S/C28H24N4O3/c1-20-10-11-27-30-24(17-32(27)16-20)19-35-25-8-2-6-22(13-25)28(33)31-23-7-3-9-26(14-23)34-18-21-5-4-12-29-15-21/h2-17H,18-19H2,1H3,(H,31,33). The number of pyridine rings is 2. The van der Waals surface area contributed by atoms with E-state index in [9.17, 15) is 4.79 Å². The van der Waals surface area contributed by atoms with Crippen LogP contribution in [0.2, 0.25) is 0 Å². The van der Waals surface area contributed by atoms with Gasteiger partial charge >= 0.3 is 0 Å². The first-order valence-corrected chi connectivity index (χ1v) is 11.2.